The summed E-state index contributed by atoms with van der Waals surface area (Å²) in [4.78, 5) is 6.08. The third-order valence-corrected chi connectivity index (χ3v) is 3.29. The first kappa shape index (κ1) is 11.7. The second kappa shape index (κ2) is 4.41. The Kier molecular flexibility index (Phi) is 3.67. The molecule has 1 aromatic rings. The monoisotopic (exact) mass is 212 g/mol. The molecule has 0 spiro atoms. The summed E-state index contributed by atoms with van der Waals surface area (Å²) in [6, 6.07) is 0. The number of nitrogens with one attached hydrogen (secondary N) is 1. The second-order valence-electron chi connectivity index (χ2n) is 4.51. The molecule has 2 nitrogen and oxygen atoms in total. The summed E-state index contributed by atoms with van der Waals surface area (Å²) in [5, 5.41) is 4.45. The van der Waals surface area contributed by atoms with Crippen LogP contribution in [0.4, 0.5) is 0 Å². The van der Waals surface area contributed by atoms with E-state index in [9.17, 15) is 0 Å². The third kappa shape index (κ3) is 2.55. The van der Waals surface area contributed by atoms with Gasteiger partial charge < -0.3 is 5.32 Å². The van der Waals surface area contributed by atoms with Crippen LogP contribution in [0.2, 0.25) is 0 Å². The van der Waals surface area contributed by atoms with Crippen LogP contribution in [0.25, 0.3) is 0 Å². The van der Waals surface area contributed by atoms with E-state index < -0.39 is 0 Å². The van der Waals surface area contributed by atoms with Gasteiger partial charge in [-0.2, -0.15) is 0 Å². The lowest BCUT2D eigenvalue weighted by atomic mass is 9.91. The van der Waals surface area contributed by atoms with Crippen molar-refractivity contribution in [3.05, 3.63) is 15.6 Å². The molecular formula is C11H20N2S. The SMILES string of the molecule is CCc1nc(C(C)(C)C)c(CNC)s1. The van der Waals surface area contributed by atoms with Crippen molar-refractivity contribution >= 4 is 11.3 Å². The number of hydrogen-bond donors (Lipinski definition) is 1. The van der Waals surface area contributed by atoms with Gasteiger partial charge in [-0.05, 0) is 13.5 Å². The van der Waals surface area contributed by atoms with Crippen LogP contribution >= 0.6 is 11.3 Å². The lowest BCUT2D eigenvalue weighted by Gasteiger charge is -2.17. The molecule has 0 radical (unpaired) electrons. The van der Waals surface area contributed by atoms with E-state index in [0.717, 1.165) is 13.0 Å². The fourth-order valence-corrected chi connectivity index (χ4v) is 2.65. The molecule has 3 heteroatoms. The van der Waals surface area contributed by atoms with Crippen molar-refractivity contribution in [1.29, 1.82) is 0 Å². The highest BCUT2D eigenvalue weighted by Crippen LogP contribution is 2.29. The molecule has 80 valence electrons. The average Bonchev–Trinajstić information content (AvgIpc) is 2.48. The Balaban J connectivity index is 3.06. The van der Waals surface area contributed by atoms with Gasteiger partial charge >= 0.3 is 0 Å². The molecule has 0 bridgehead atoms. The zero-order valence-electron chi connectivity index (χ0n) is 9.77. The van der Waals surface area contributed by atoms with Crippen LogP contribution in [-0.2, 0) is 18.4 Å². The summed E-state index contributed by atoms with van der Waals surface area (Å²) in [6.45, 7) is 9.76. The highest BCUT2D eigenvalue weighted by Gasteiger charge is 2.22. The number of rotatable bonds is 3. The molecule has 1 heterocycles. The summed E-state index contributed by atoms with van der Waals surface area (Å²) in [7, 11) is 1.98. The zero-order chi connectivity index (χ0) is 10.8. The highest BCUT2D eigenvalue weighted by molar-refractivity contribution is 7.11. The highest BCUT2D eigenvalue weighted by atomic mass is 32.1. The predicted molar refractivity (Wildman–Crippen MR) is 63.0 cm³/mol. The maximum absolute atomic E-state index is 4.70. The topological polar surface area (TPSA) is 24.9 Å². The fraction of sp³-hybridized carbons (Fsp3) is 0.727. The van der Waals surface area contributed by atoms with Crippen molar-refractivity contribution in [2.45, 2.75) is 46.1 Å². The van der Waals surface area contributed by atoms with Gasteiger partial charge in [-0.1, -0.05) is 27.7 Å². The molecule has 0 amide bonds. The minimum Gasteiger partial charge on any atom is -0.315 e. The van der Waals surface area contributed by atoms with Gasteiger partial charge in [-0.15, -0.1) is 11.3 Å². The van der Waals surface area contributed by atoms with Crippen molar-refractivity contribution in [2.75, 3.05) is 7.05 Å². The van der Waals surface area contributed by atoms with E-state index in [1.165, 1.54) is 15.6 Å². The van der Waals surface area contributed by atoms with E-state index in [1.807, 2.05) is 18.4 Å². The third-order valence-electron chi connectivity index (χ3n) is 2.09. The van der Waals surface area contributed by atoms with Gasteiger partial charge in [-0.25, -0.2) is 4.98 Å². The largest absolute Gasteiger partial charge is 0.315 e. The number of nitrogens with zero attached hydrogens (tertiary/aromatic N) is 1. The lowest BCUT2D eigenvalue weighted by molar-refractivity contribution is 0.561. The van der Waals surface area contributed by atoms with Gasteiger partial charge in [0.2, 0.25) is 0 Å². The summed E-state index contributed by atoms with van der Waals surface area (Å²) in [6.07, 6.45) is 1.04. The second-order valence-corrected chi connectivity index (χ2v) is 5.68. The van der Waals surface area contributed by atoms with E-state index in [1.54, 1.807) is 0 Å². The fourth-order valence-electron chi connectivity index (χ4n) is 1.42. The van der Waals surface area contributed by atoms with E-state index in [2.05, 4.69) is 33.0 Å². The molecule has 0 unspecified atom stereocenters. The minimum atomic E-state index is 0.163. The Bertz CT molecular complexity index is 297. The van der Waals surface area contributed by atoms with Gasteiger partial charge in [-0.3, -0.25) is 0 Å². The molecule has 0 fully saturated rings. The summed E-state index contributed by atoms with van der Waals surface area (Å²) < 4.78 is 0. The molecule has 1 rings (SSSR count). The van der Waals surface area contributed by atoms with Crippen molar-refractivity contribution in [1.82, 2.24) is 10.3 Å². The average molecular weight is 212 g/mol. The van der Waals surface area contributed by atoms with Crippen LogP contribution in [0.5, 0.6) is 0 Å². The van der Waals surface area contributed by atoms with Crippen LogP contribution < -0.4 is 5.32 Å². The molecule has 0 aliphatic carbocycles. The molecule has 0 saturated heterocycles. The molecule has 0 aromatic carbocycles. The summed E-state index contributed by atoms with van der Waals surface area (Å²) in [5.41, 5.74) is 1.42. The summed E-state index contributed by atoms with van der Waals surface area (Å²) in [5.74, 6) is 0. The number of aryl methyl sites for hydroxylation is 1. The minimum absolute atomic E-state index is 0.163. The zero-order valence-corrected chi connectivity index (χ0v) is 10.6. The maximum Gasteiger partial charge on any atom is 0.0929 e. The standard InChI is InChI=1S/C11H20N2S/c1-6-9-13-10(11(2,3)4)8(14-9)7-12-5/h12H,6-7H2,1-5H3. The van der Waals surface area contributed by atoms with Gasteiger partial charge in [0.1, 0.15) is 0 Å². The summed E-state index contributed by atoms with van der Waals surface area (Å²) >= 11 is 1.84. The number of aromatic nitrogens is 1. The molecular weight excluding hydrogens is 192 g/mol. The smallest absolute Gasteiger partial charge is 0.0929 e. The van der Waals surface area contributed by atoms with Crippen LogP contribution in [0.15, 0.2) is 0 Å². The molecule has 1 aromatic heterocycles. The molecule has 0 aliphatic heterocycles. The van der Waals surface area contributed by atoms with Gasteiger partial charge in [0.25, 0.3) is 0 Å². The Morgan fingerprint density at radius 3 is 2.43 bits per heavy atom. The van der Waals surface area contributed by atoms with Crippen LogP contribution in [0, 0.1) is 0 Å². The maximum atomic E-state index is 4.70. The normalized spacial score (nSPS) is 12.1. The van der Waals surface area contributed by atoms with Crippen LogP contribution in [0.3, 0.4) is 0 Å². The number of thiazole rings is 1. The van der Waals surface area contributed by atoms with Gasteiger partial charge in [0.15, 0.2) is 0 Å². The van der Waals surface area contributed by atoms with Crippen molar-refractivity contribution in [2.24, 2.45) is 0 Å². The number of hydrogen-bond acceptors (Lipinski definition) is 3. The van der Waals surface area contributed by atoms with Gasteiger partial charge in [0, 0.05) is 16.8 Å². The molecule has 0 aliphatic rings. The van der Waals surface area contributed by atoms with Crippen molar-refractivity contribution < 1.29 is 0 Å². The van der Waals surface area contributed by atoms with E-state index in [4.69, 9.17) is 4.98 Å². The first-order valence-corrected chi connectivity index (χ1v) is 5.94. The molecule has 0 saturated carbocycles. The first-order valence-electron chi connectivity index (χ1n) is 5.12. The van der Waals surface area contributed by atoms with E-state index in [-0.39, 0.29) is 5.41 Å². The van der Waals surface area contributed by atoms with Crippen molar-refractivity contribution in [3.8, 4) is 0 Å². The Morgan fingerprint density at radius 2 is 2.00 bits per heavy atom. The van der Waals surface area contributed by atoms with Gasteiger partial charge in [0.05, 0.1) is 10.7 Å². The van der Waals surface area contributed by atoms with Crippen LogP contribution in [-0.4, -0.2) is 12.0 Å². The van der Waals surface area contributed by atoms with E-state index in [0.29, 0.717) is 0 Å². The first-order chi connectivity index (χ1) is 6.49. The Hall–Kier alpha value is -0.410. The van der Waals surface area contributed by atoms with E-state index >= 15 is 0 Å². The molecule has 1 N–H and O–H groups in total. The Labute approximate surface area is 90.8 Å². The van der Waals surface area contributed by atoms with Crippen LogP contribution in [0.1, 0.15) is 43.3 Å². The quantitative estimate of drug-likeness (QED) is 0.833. The lowest BCUT2D eigenvalue weighted by Crippen LogP contribution is -2.16. The molecule has 0 atom stereocenters. The predicted octanol–water partition coefficient (Wildman–Crippen LogP) is 2.72. The molecule has 14 heavy (non-hydrogen) atoms. The van der Waals surface area contributed by atoms with Crippen molar-refractivity contribution in [3.63, 3.8) is 0 Å². The Morgan fingerprint density at radius 1 is 1.36 bits per heavy atom.